The van der Waals surface area contributed by atoms with Crippen molar-refractivity contribution >= 4 is 17.6 Å². The lowest BCUT2D eigenvalue weighted by atomic mass is 10.1. The molecule has 0 heterocycles. The molecule has 2 aromatic carbocycles. The fraction of sp³-hybridized carbons (Fsp3) is 0.278. The Morgan fingerprint density at radius 3 is 2.55 bits per heavy atom. The van der Waals surface area contributed by atoms with Gasteiger partial charge in [0, 0.05) is 11.6 Å². The number of carbonyl (C=O) groups excluding carboxylic acids is 1. The third kappa shape index (κ3) is 4.78. The third-order valence-electron chi connectivity index (χ3n) is 3.52. The highest BCUT2D eigenvalue weighted by Gasteiger charge is 2.12. The fourth-order valence-corrected chi connectivity index (χ4v) is 2.46. The molecule has 0 saturated heterocycles. The van der Waals surface area contributed by atoms with E-state index in [-0.39, 0.29) is 12.1 Å². The van der Waals surface area contributed by atoms with E-state index in [2.05, 4.69) is 16.7 Å². The summed E-state index contributed by atoms with van der Waals surface area (Å²) >= 11 is 5.90. The molecule has 1 atom stereocenters. The molecule has 0 bridgehead atoms. The normalized spacial score (nSPS) is 11.8. The molecular weight excluding hydrogens is 296 g/mol. The first-order chi connectivity index (χ1) is 10.6. The van der Waals surface area contributed by atoms with Crippen LogP contribution in [0.4, 0.5) is 4.79 Å². The molecule has 1 unspecified atom stereocenters. The standard InChI is InChI=1S/C18H21ClN2O/c1-3-17(15-7-9-16(19)10-8-15)21-18(22)20-12-14-6-4-5-13(2)11-14/h4-11,17H,3,12H2,1-2H3,(H2,20,21,22). The number of carbonyl (C=O) groups is 1. The minimum atomic E-state index is -0.164. The summed E-state index contributed by atoms with van der Waals surface area (Å²) in [5.74, 6) is 0. The molecule has 22 heavy (non-hydrogen) atoms. The smallest absolute Gasteiger partial charge is 0.315 e. The number of nitrogens with one attached hydrogen (secondary N) is 2. The molecule has 2 rings (SSSR count). The highest BCUT2D eigenvalue weighted by atomic mass is 35.5. The van der Waals surface area contributed by atoms with Crippen molar-refractivity contribution in [3.63, 3.8) is 0 Å². The SMILES string of the molecule is CCC(NC(=O)NCc1cccc(C)c1)c1ccc(Cl)cc1. The number of hydrogen-bond acceptors (Lipinski definition) is 1. The van der Waals surface area contributed by atoms with Gasteiger partial charge in [-0.05, 0) is 36.6 Å². The lowest BCUT2D eigenvalue weighted by Crippen LogP contribution is -2.37. The van der Waals surface area contributed by atoms with Gasteiger partial charge in [-0.3, -0.25) is 0 Å². The van der Waals surface area contributed by atoms with E-state index in [0.717, 1.165) is 17.5 Å². The molecule has 0 fully saturated rings. The predicted octanol–water partition coefficient (Wildman–Crippen LogP) is 4.60. The molecule has 4 heteroatoms. The van der Waals surface area contributed by atoms with Gasteiger partial charge in [-0.2, -0.15) is 0 Å². The van der Waals surface area contributed by atoms with E-state index in [9.17, 15) is 4.79 Å². The summed E-state index contributed by atoms with van der Waals surface area (Å²) in [4.78, 5) is 12.1. The Labute approximate surface area is 136 Å². The van der Waals surface area contributed by atoms with E-state index in [1.54, 1.807) is 0 Å². The van der Waals surface area contributed by atoms with Gasteiger partial charge in [-0.1, -0.05) is 60.5 Å². The zero-order chi connectivity index (χ0) is 15.9. The zero-order valence-electron chi connectivity index (χ0n) is 12.9. The molecular formula is C18H21ClN2O. The molecule has 0 aromatic heterocycles. The van der Waals surface area contributed by atoms with Gasteiger partial charge in [0.1, 0.15) is 0 Å². The maximum atomic E-state index is 12.1. The largest absolute Gasteiger partial charge is 0.334 e. The molecule has 2 aromatic rings. The minimum Gasteiger partial charge on any atom is -0.334 e. The number of urea groups is 1. The second-order valence-electron chi connectivity index (χ2n) is 5.33. The number of benzene rings is 2. The molecule has 0 saturated carbocycles. The molecule has 116 valence electrons. The Bertz CT molecular complexity index is 625. The summed E-state index contributed by atoms with van der Waals surface area (Å²) in [6.07, 6.45) is 0.819. The number of amides is 2. The Morgan fingerprint density at radius 2 is 1.91 bits per heavy atom. The highest BCUT2D eigenvalue weighted by molar-refractivity contribution is 6.30. The molecule has 3 nitrogen and oxygen atoms in total. The Hall–Kier alpha value is -2.00. The van der Waals surface area contributed by atoms with Crippen LogP contribution in [0.15, 0.2) is 48.5 Å². The van der Waals surface area contributed by atoms with Gasteiger partial charge in [0.2, 0.25) is 0 Å². The Morgan fingerprint density at radius 1 is 1.18 bits per heavy atom. The van der Waals surface area contributed by atoms with Crippen LogP contribution in [0.3, 0.4) is 0 Å². The number of halogens is 1. The van der Waals surface area contributed by atoms with Crippen LogP contribution in [-0.2, 0) is 6.54 Å². The van der Waals surface area contributed by atoms with E-state index in [1.165, 1.54) is 5.56 Å². The van der Waals surface area contributed by atoms with E-state index >= 15 is 0 Å². The molecule has 0 spiro atoms. The van der Waals surface area contributed by atoms with Gasteiger partial charge < -0.3 is 10.6 Å². The van der Waals surface area contributed by atoms with E-state index in [4.69, 9.17) is 11.6 Å². The number of hydrogen-bond donors (Lipinski definition) is 2. The lowest BCUT2D eigenvalue weighted by Gasteiger charge is -2.18. The topological polar surface area (TPSA) is 41.1 Å². The van der Waals surface area contributed by atoms with Gasteiger partial charge in [0.15, 0.2) is 0 Å². The summed E-state index contributed by atoms with van der Waals surface area (Å²) in [5.41, 5.74) is 3.33. The fourth-order valence-electron chi connectivity index (χ4n) is 2.33. The van der Waals surface area contributed by atoms with Crippen LogP contribution >= 0.6 is 11.6 Å². The summed E-state index contributed by atoms with van der Waals surface area (Å²) in [7, 11) is 0. The summed E-state index contributed by atoms with van der Waals surface area (Å²) in [6, 6.07) is 15.5. The van der Waals surface area contributed by atoms with Gasteiger partial charge in [0.05, 0.1) is 6.04 Å². The van der Waals surface area contributed by atoms with E-state index in [0.29, 0.717) is 11.6 Å². The summed E-state index contributed by atoms with van der Waals surface area (Å²) < 4.78 is 0. The van der Waals surface area contributed by atoms with Crippen LogP contribution < -0.4 is 10.6 Å². The number of aryl methyl sites for hydroxylation is 1. The molecule has 2 amide bonds. The van der Waals surface area contributed by atoms with Crippen LogP contribution in [-0.4, -0.2) is 6.03 Å². The second kappa shape index (κ2) is 7.85. The van der Waals surface area contributed by atoms with Crippen molar-refractivity contribution < 1.29 is 4.79 Å². The molecule has 0 radical (unpaired) electrons. The maximum absolute atomic E-state index is 12.1. The van der Waals surface area contributed by atoms with Gasteiger partial charge >= 0.3 is 6.03 Å². The first-order valence-corrected chi connectivity index (χ1v) is 7.81. The third-order valence-corrected chi connectivity index (χ3v) is 3.77. The van der Waals surface area contributed by atoms with Crippen molar-refractivity contribution in [1.82, 2.24) is 10.6 Å². The van der Waals surface area contributed by atoms with Crippen LogP contribution in [0.1, 0.15) is 36.1 Å². The molecule has 0 aliphatic rings. The van der Waals surface area contributed by atoms with Crippen molar-refractivity contribution in [2.24, 2.45) is 0 Å². The molecule has 0 aliphatic heterocycles. The maximum Gasteiger partial charge on any atom is 0.315 e. The second-order valence-corrected chi connectivity index (χ2v) is 5.76. The van der Waals surface area contributed by atoms with Crippen molar-refractivity contribution in [1.29, 1.82) is 0 Å². The van der Waals surface area contributed by atoms with Crippen LogP contribution in [0.2, 0.25) is 5.02 Å². The van der Waals surface area contributed by atoms with Crippen molar-refractivity contribution in [2.75, 3.05) is 0 Å². The Balaban J connectivity index is 1.90. The lowest BCUT2D eigenvalue weighted by molar-refractivity contribution is 0.236. The summed E-state index contributed by atoms with van der Waals surface area (Å²) in [5, 5.41) is 6.59. The zero-order valence-corrected chi connectivity index (χ0v) is 13.7. The average Bonchev–Trinajstić information content (AvgIpc) is 2.52. The predicted molar refractivity (Wildman–Crippen MR) is 91.0 cm³/mol. The average molecular weight is 317 g/mol. The highest BCUT2D eigenvalue weighted by Crippen LogP contribution is 2.19. The molecule has 0 aliphatic carbocycles. The first-order valence-electron chi connectivity index (χ1n) is 7.44. The van der Waals surface area contributed by atoms with Gasteiger partial charge in [0.25, 0.3) is 0 Å². The van der Waals surface area contributed by atoms with Crippen molar-refractivity contribution in [3.05, 3.63) is 70.2 Å². The molecule has 2 N–H and O–H groups in total. The van der Waals surface area contributed by atoms with E-state index < -0.39 is 0 Å². The minimum absolute atomic E-state index is 0.0187. The van der Waals surface area contributed by atoms with Crippen molar-refractivity contribution in [3.8, 4) is 0 Å². The number of rotatable bonds is 5. The van der Waals surface area contributed by atoms with Crippen LogP contribution in [0.5, 0.6) is 0 Å². The monoisotopic (exact) mass is 316 g/mol. The quantitative estimate of drug-likeness (QED) is 0.831. The summed E-state index contributed by atoms with van der Waals surface area (Å²) in [6.45, 7) is 4.60. The van der Waals surface area contributed by atoms with Gasteiger partial charge in [-0.25, -0.2) is 4.79 Å². The van der Waals surface area contributed by atoms with Crippen molar-refractivity contribution in [2.45, 2.75) is 32.9 Å². The van der Waals surface area contributed by atoms with Crippen LogP contribution in [0.25, 0.3) is 0 Å². The first kappa shape index (κ1) is 16.4. The van der Waals surface area contributed by atoms with Gasteiger partial charge in [-0.15, -0.1) is 0 Å². The van der Waals surface area contributed by atoms with E-state index in [1.807, 2.05) is 56.3 Å². The van der Waals surface area contributed by atoms with Crippen LogP contribution in [0, 0.1) is 6.92 Å². The Kier molecular flexibility index (Phi) is 5.84.